The van der Waals surface area contributed by atoms with E-state index < -0.39 is 0 Å². The minimum absolute atomic E-state index is 0. The van der Waals surface area contributed by atoms with Crippen molar-refractivity contribution in [3.05, 3.63) is 12.2 Å². The quantitative estimate of drug-likeness (QED) is 0.517. The van der Waals surface area contributed by atoms with Gasteiger partial charge >= 0.3 is 0 Å². The Morgan fingerprint density at radius 1 is 1.45 bits per heavy atom. The summed E-state index contributed by atoms with van der Waals surface area (Å²) in [6.07, 6.45) is 6.74. The molecule has 0 aromatic rings. The maximum Gasteiger partial charge on any atom is 0.0713 e. The second-order valence-corrected chi connectivity index (χ2v) is 3.01. The van der Waals surface area contributed by atoms with Crippen LogP contribution < -0.4 is 5.90 Å². The molecule has 0 fully saturated rings. The molecular formula is C8H16ClNO. The van der Waals surface area contributed by atoms with E-state index in [1.54, 1.807) is 0 Å². The van der Waals surface area contributed by atoms with Gasteiger partial charge in [-0.3, -0.25) is 0 Å². The van der Waals surface area contributed by atoms with Gasteiger partial charge in [0.05, 0.1) is 6.61 Å². The fraction of sp³-hybridized carbons (Fsp3) is 0.750. The third-order valence-corrected chi connectivity index (χ3v) is 2.23. The molecule has 0 saturated heterocycles. The van der Waals surface area contributed by atoms with Crippen LogP contribution in [0.15, 0.2) is 12.2 Å². The SMILES string of the molecule is CC1CC=CCC1CON.Cl. The Bertz CT molecular complexity index is 127. The van der Waals surface area contributed by atoms with Crippen molar-refractivity contribution in [2.75, 3.05) is 6.61 Å². The van der Waals surface area contributed by atoms with Crippen molar-refractivity contribution in [2.24, 2.45) is 17.7 Å². The highest BCUT2D eigenvalue weighted by Crippen LogP contribution is 2.24. The van der Waals surface area contributed by atoms with Crippen LogP contribution in [0.4, 0.5) is 0 Å². The molecule has 2 unspecified atom stereocenters. The van der Waals surface area contributed by atoms with E-state index in [-0.39, 0.29) is 12.4 Å². The van der Waals surface area contributed by atoms with Crippen molar-refractivity contribution in [3.63, 3.8) is 0 Å². The summed E-state index contributed by atoms with van der Waals surface area (Å²) in [5, 5.41) is 0. The summed E-state index contributed by atoms with van der Waals surface area (Å²) >= 11 is 0. The smallest absolute Gasteiger partial charge is 0.0713 e. The molecule has 0 radical (unpaired) electrons. The van der Waals surface area contributed by atoms with Gasteiger partial charge in [0.2, 0.25) is 0 Å². The molecule has 0 aromatic heterocycles. The molecule has 66 valence electrons. The standard InChI is InChI=1S/C8H15NO.ClH/c1-7-4-2-3-5-8(7)6-10-9;/h2-3,7-8H,4-6,9H2,1H3;1H. The molecule has 0 aromatic carbocycles. The maximum atomic E-state index is 5.00. The van der Waals surface area contributed by atoms with E-state index in [2.05, 4.69) is 23.9 Å². The molecule has 0 aliphatic heterocycles. The van der Waals surface area contributed by atoms with Crippen LogP contribution in [0.25, 0.3) is 0 Å². The summed E-state index contributed by atoms with van der Waals surface area (Å²) in [7, 11) is 0. The number of nitrogens with two attached hydrogens (primary N) is 1. The van der Waals surface area contributed by atoms with E-state index in [0.717, 1.165) is 12.3 Å². The monoisotopic (exact) mass is 177 g/mol. The van der Waals surface area contributed by atoms with E-state index in [9.17, 15) is 0 Å². The molecule has 2 atom stereocenters. The highest BCUT2D eigenvalue weighted by Gasteiger charge is 2.17. The highest BCUT2D eigenvalue weighted by atomic mass is 35.5. The molecule has 0 heterocycles. The Balaban J connectivity index is 0.000001000. The Morgan fingerprint density at radius 3 is 2.64 bits per heavy atom. The lowest BCUT2D eigenvalue weighted by Crippen LogP contribution is -2.21. The van der Waals surface area contributed by atoms with Crippen molar-refractivity contribution in [1.29, 1.82) is 0 Å². The van der Waals surface area contributed by atoms with Gasteiger partial charge in [0, 0.05) is 0 Å². The zero-order chi connectivity index (χ0) is 7.40. The number of hydrogen-bond acceptors (Lipinski definition) is 2. The van der Waals surface area contributed by atoms with E-state index >= 15 is 0 Å². The van der Waals surface area contributed by atoms with Crippen LogP contribution in [-0.2, 0) is 4.84 Å². The van der Waals surface area contributed by atoms with Crippen LogP contribution in [0.2, 0.25) is 0 Å². The average Bonchev–Trinajstić information content (AvgIpc) is 1.94. The summed E-state index contributed by atoms with van der Waals surface area (Å²) in [6.45, 7) is 2.94. The summed E-state index contributed by atoms with van der Waals surface area (Å²) in [6, 6.07) is 0. The third kappa shape index (κ3) is 3.23. The van der Waals surface area contributed by atoms with Gasteiger partial charge in [-0.25, -0.2) is 5.90 Å². The van der Waals surface area contributed by atoms with E-state index in [0.29, 0.717) is 12.5 Å². The topological polar surface area (TPSA) is 35.2 Å². The van der Waals surface area contributed by atoms with Gasteiger partial charge in [0.15, 0.2) is 0 Å². The lowest BCUT2D eigenvalue weighted by atomic mass is 9.85. The van der Waals surface area contributed by atoms with Crippen LogP contribution in [0.3, 0.4) is 0 Å². The first-order valence-electron chi connectivity index (χ1n) is 3.81. The van der Waals surface area contributed by atoms with Gasteiger partial charge < -0.3 is 4.84 Å². The highest BCUT2D eigenvalue weighted by molar-refractivity contribution is 5.85. The molecular weight excluding hydrogens is 162 g/mol. The van der Waals surface area contributed by atoms with Gasteiger partial charge in [-0.2, -0.15) is 0 Å². The molecule has 11 heavy (non-hydrogen) atoms. The zero-order valence-corrected chi connectivity index (χ0v) is 7.64. The molecule has 0 bridgehead atoms. The van der Waals surface area contributed by atoms with Crippen molar-refractivity contribution in [2.45, 2.75) is 19.8 Å². The fourth-order valence-electron chi connectivity index (χ4n) is 1.36. The Hall–Kier alpha value is -0.0500. The van der Waals surface area contributed by atoms with Crippen molar-refractivity contribution >= 4 is 12.4 Å². The number of halogens is 1. The van der Waals surface area contributed by atoms with Crippen molar-refractivity contribution in [3.8, 4) is 0 Å². The van der Waals surface area contributed by atoms with Crippen LogP contribution in [-0.4, -0.2) is 6.61 Å². The molecule has 1 aliphatic rings. The first-order chi connectivity index (χ1) is 4.84. The number of hydrogen-bond donors (Lipinski definition) is 1. The van der Waals surface area contributed by atoms with E-state index in [1.165, 1.54) is 6.42 Å². The Kier molecular flexibility index (Phi) is 5.56. The van der Waals surface area contributed by atoms with Crippen molar-refractivity contribution in [1.82, 2.24) is 0 Å². The molecule has 1 rings (SSSR count). The lowest BCUT2D eigenvalue weighted by molar-refractivity contribution is 0.0802. The second-order valence-electron chi connectivity index (χ2n) is 3.01. The third-order valence-electron chi connectivity index (χ3n) is 2.23. The largest absolute Gasteiger partial charge is 0.304 e. The van der Waals surface area contributed by atoms with Crippen molar-refractivity contribution < 1.29 is 4.84 Å². The molecule has 0 amide bonds. The minimum Gasteiger partial charge on any atom is -0.304 e. The minimum atomic E-state index is 0. The predicted molar refractivity (Wildman–Crippen MR) is 48.4 cm³/mol. The van der Waals surface area contributed by atoms with E-state index in [1.807, 2.05) is 0 Å². The lowest BCUT2D eigenvalue weighted by Gasteiger charge is -2.23. The molecule has 1 aliphatic carbocycles. The molecule has 2 nitrogen and oxygen atoms in total. The number of allylic oxidation sites excluding steroid dienone is 2. The van der Waals surface area contributed by atoms with Crippen LogP contribution >= 0.6 is 12.4 Å². The predicted octanol–water partition coefficient (Wildman–Crippen LogP) is 1.90. The maximum absolute atomic E-state index is 5.00. The number of rotatable bonds is 2. The Labute approximate surface area is 74.2 Å². The Morgan fingerprint density at radius 2 is 2.09 bits per heavy atom. The average molecular weight is 178 g/mol. The van der Waals surface area contributed by atoms with Crippen LogP contribution in [0.5, 0.6) is 0 Å². The summed E-state index contributed by atoms with van der Waals surface area (Å²) < 4.78 is 0. The second kappa shape index (κ2) is 5.58. The normalized spacial score (nSPS) is 29.6. The summed E-state index contributed by atoms with van der Waals surface area (Å²) in [5.74, 6) is 6.36. The summed E-state index contributed by atoms with van der Waals surface area (Å²) in [5.41, 5.74) is 0. The summed E-state index contributed by atoms with van der Waals surface area (Å²) in [4.78, 5) is 4.62. The molecule has 2 N–H and O–H groups in total. The van der Waals surface area contributed by atoms with Gasteiger partial charge in [0.25, 0.3) is 0 Å². The van der Waals surface area contributed by atoms with Gasteiger partial charge in [-0.15, -0.1) is 12.4 Å². The first kappa shape index (κ1) is 11.0. The van der Waals surface area contributed by atoms with Gasteiger partial charge in [0.1, 0.15) is 0 Å². The van der Waals surface area contributed by atoms with Gasteiger partial charge in [-0.1, -0.05) is 19.1 Å². The van der Waals surface area contributed by atoms with Crippen LogP contribution in [0.1, 0.15) is 19.8 Å². The fourth-order valence-corrected chi connectivity index (χ4v) is 1.36. The first-order valence-corrected chi connectivity index (χ1v) is 3.81. The van der Waals surface area contributed by atoms with Gasteiger partial charge in [-0.05, 0) is 24.7 Å². The molecule has 0 spiro atoms. The van der Waals surface area contributed by atoms with E-state index in [4.69, 9.17) is 5.90 Å². The zero-order valence-electron chi connectivity index (χ0n) is 6.82. The molecule has 3 heteroatoms. The van der Waals surface area contributed by atoms with Crippen LogP contribution in [0, 0.1) is 11.8 Å². The molecule has 0 saturated carbocycles.